The summed E-state index contributed by atoms with van der Waals surface area (Å²) in [6, 6.07) is 11.5. The Morgan fingerprint density at radius 2 is 2.00 bits per heavy atom. The van der Waals surface area contributed by atoms with Crippen molar-refractivity contribution in [3.63, 3.8) is 0 Å². The van der Waals surface area contributed by atoms with Crippen molar-refractivity contribution in [2.75, 3.05) is 18.9 Å². The number of nitrogens with one attached hydrogen (secondary N) is 1. The maximum Gasteiger partial charge on any atom is 0.254 e. The number of pyridine rings is 1. The molecule has 1 aromatic carbocycles. The molecule has 21 heavy (non-hydrogen) atoms. The zero-order valence-electron chi connectivity index (χ0n) is 12.1. The predicted molar refractivity (Wildman–Crippen MR) is 88.3 cm³/mol. The molecule has 1 amide bonds. The van der Waals surface area contributed by atoms with E-state index in [1.54, 1.807) is 30.3 Å². The molecule has 0 atom stereocenters. The first-order valence-electron chi connectivity index (χ1n) is 6.80. The summed E-state index contributed by atoms with van der Waals surface area (Å²) in [7, 11) is 1.80. The number of rotatable bonds is 5. The van der Waals surface area contributed by atoms with Crippen LogP contribution in [-0.2, 0) is 6.54 Å². The van der Waals surface area contributed by atoms with Gasteiger partial charge in [0.1, 0.15) is 5.82 Å². The molecule has 0 spiro atoms. The Balaban J connectivity index is 2.08. The highest BCUT2D eigenvalue weighted by Gasteiger charge is 2.12. The van der Waals surface area contributed by atoms with E-state index in [9.17, 15) is 4.79 Å². The van der Waals surface area contributed by atoms with E-state index >= 15 is 0 Å². The average molecular weight is 348 g/mol. The van der Waals surface area contributed by atoms with E-state index in [0.717, 1.165) is 22.4 Å². The van der Waals surface area contributed by atoms with E-state index in [1.165, 1.54) is 0 Å². The number of anilines is 1. The third-order valence-corrected chi connectivity index (χ3v) is 3.57. The highest BCUT2D eigenvalue weighted by atomic mass is 79.9. The van der Waals surface area contributed by atoms with Gasteiger partial charge in [0, 0.05) is 36.4 Å². The molecule has 0 unspecified atom stereocenters. The molecule has 1 N–H and O–H groups in total. The number of aromatic nitrogens is 1. The van der Waals surface area contributed by atoms with Gasteiger partial charge in [0.15, 0.2) is 0 Å². The molecule has 0 saturated heterocycles. The summed E-state index contributed by atoms with van der Waals surface area (Å²) in [6.07, 6.45) is 1.65. The molecule has 0 aliphatic carbocycles. The zero-order chi connectivity index (χ0) is 15.2. The number of nitrogens with zero attached hydrogens (tertiary/aromatic N) is 2. The Bertz CT molecular complexity index is 613. The lowest BCUT2D eigenvalue weighted by Crippen LogP contribution is -2.26. The van der Waals surface area contributed by atoms with Crippen molar-refractivity contribution in [1.29, 1.82) is 0 Å². The lowest BCUT2D eigenvalue weighted by atomic mass is 10.2. The smallest absolute Gasteiger partial charge is 0.254 e. The normalized spacial score (nSPS) is 10.2. The van der Waals surface area contributed by atoms with Crippen LogP contribution >= 0.6 is 15.9 Å². The Morgan fingerprint density at radius 3 is 2.67 bits per heavy atom. The van der Waals surface area contributed by atoms with Crippen molar-refractivity contribution >= 4 is 27.7 Å². The van der Waals surface area contributed by atoms with Gasteiger partial charge < -0.3 is 10.2 Å². The van der Waals surface area contributed by atoms with Crippen molar-refractivity contribution in [1.82, 2.24) is 9.88 Å². The highest BCUT2D eigenvalue weighted by Crippen LogP contribution is 2.14. The maximum atomic E-state index is 12.4. The van der Waals surface area contributed by atoms with E-state index in [2.05, 4.69) is 26.2 Å². The van der Waals surface area contributed by atoms with Gasteiger partial charge >= 0.3 is 0 Å². The van der Waals surface area contributed by atoms with Crippen LogP contribution in [0.25, 0.3) is 0 Å². The third-order valence-electron chi connectivity index (χ3n) is 3.04. The fourth-order valence-corrected chi connectivity index (χ4v) is 2.26. The average Bonchev–Trinajstić information content (AvgIpc) is 2.49. The number of hydrogen-bond donors (Lipinski definition) is 1. The summed E-state index contributed by atoms with van der Waals surface area (Å²) in [5, 5.41) is 3.11. The second kappa shape index (κ2) is 7.22. The fraction of sp³-hybridized carbons (Fsp3) is 0.250. The van der Waals surface area contributed by atoms with Crippen molar-refractivity contribution in [3.05, 3.63) is 58.2 Å². The summed E-state index contributed by atoms with van der Waals surface area (Å²) in [4.78, 5) is 18.3. The number of carbonyl (C=O) groups is 1. The van der Waals surface area contributed by atoms with Gasteiger partial charge in [-0.2, -0.15) is 0 Å². The van der Waals surface area contributed by atoms with Gasteiger partial charge in [0.25, 0.3) is 5.91 Å². The van der Waals surface area contributed by atoms with Crippen molar-refractivity contribution in [2.45, 2.75) is 13.5 Å². The van der Waals surface area contributed by atoms with Gasteiger partial charge in [-0.3, -0.25) is 4.79 Å². The molecule has 110 valence electrons. The van der Waals surface area contributed by atoms with Gasteiger partial charge in [-0.05, 0) is 36.8 Å². The molecule has 2 rings (SSSR count). The van der Waals surface area contributed by atoms with Crippen LogP contribution in [0.5, 0.6) is 0 Å². The molecule has 5 heteroatoms. The topological polar surface area (TPSA) is 45.2 Å². The summed E-state index contributed by atoms with van der Waals surface area (Å²) in [5.74, 6) is 0.708. The molecule has 4 nitrogen and oxygen atoms in total. The predicted octanol–water partition coefficient (Wildman–Crippen LogP) is 3.55. The van der Waals surface area contributed by atoms with Crippen LogP contribution in [0.2, 0.25) is 0 Å². The maximum absolute atomic E-state index is 12.4. The van der Waals surface area contributed by atoms with Crippen LogP contribution < -0.4 is 5.32 Å². The fourth-order valence-electron chi connectivity index (χ4n) is 2.00. The highest BCUT2D eigenvalue weighted by molar-refractivity contribution is 9.10. The molecule has 2 aromatic rings. The Labute approximate surface area is 133 Å². The molecular weight excluding hydrogens is 330 g/mol. The second-order valence-corrected chi connectivity index (χ2v) is 5.66. The van der Waals surface area contributed by atoms with Crippen LogP contribution in [0, 0.1) is 0 Å². The van der Waals surface area contributed by atoms with E-state index in [4.69, 9.17) is 0 Å². The summed E-state index contributed by atoms with van der Waals surface area (Å²) in [5.41, 5.74) is 1.73. The molecule has 1 aromatic heterocycles. The first-order valence-corrected chi connectivity index (χ1v) is 7.59. The van der Waals surface area contributed by atoms with Gasteiger partial charge in [-0.25, -0.2) is 4.98 Å². The standard InChI is InChI=1S/C16H18BrN3O/c1-3-18-15-10-13(8-9-19-15)16(21)20(2)11-12-4-6-14(17)7-5-12/h4-10H,3,11H2,1-2H3,(H,18,19). The Hall–Kier alpha value is -1.88. The third kappa shape index (κ3) is 4.29. The Kier molecular flexibility index (Phi) is 5.33. The summed E-state index contributed by atoms with van der Waals surface area (Å²) < 4.78 is 1.03. The molecule has 0 aliphatic heterocycles. The first kappa shape index (κ1) is 15.5. The van der Waals surface area contributed by atoms with Gasteiger partial charge in [-0.15, -0.1) is 0 Å². The minimum atomic E-state index is -0.0144. The molecule has 0 aliphatic rings. The molecule has 0 bridgehead atoms. The number of hydrogen-bond acceptors (Lipinski definition) is 3. The lowest BCUT2D eigenvalue weighted by molar-refractivity contribution is 0.0785. The second-order valence-electron chi connectivity index (χ2n) is 4.75. The van der Waals surface area contributed by atoms with Crippen molar-refractivity contribution in [2.24, 2.45) is 0 Å². The number of amides is 1. The SMILES string of the molecule is CCNc1cc(C(=O)N(C)Cc2ccc(Br)cc2)ccn1. The van der Waals surface area contributed by atoms with Crippen LogP contribution in [0.3, 0.4) is 0 Å². The molecule has 1 heterocycles. The number of halogens is 1. The monoisotopic (exact) mass is 347 g/mol. The largest absolute Gasteiger partial charge is 0.370 e. The molecular formula is C16H18BrN3O. The van der Waals surface area contributed by atoms with Gasteiger partial charge in [0.05, 0.1) is 0 Å². The van der Waals surface area contributed by atoms with Crippen molar-refractivity contribution < 1.29 is 4.79 Å². The van der Waals surface area contributed by atoms with Crippen LogP contribution in [0.1, 0.15) is 22.8 Å². The Morgan fingerprint density at radius 1 is 1.29 bits per heavy atom. The zero-order valence-corrected chi connectivity index (χ0v) is 13.7. The van der Waals surface area contributed by atoms with Crippen molar-refractivity contribution in [3.8, 4) is 0 Å². The molecule has 0 radical (unpaired) electrons. The van der Waals surface area contributed by atoms with Crippen LogP contribution in [-0.4, -0.2) is 29.4 Å². The first-order chi connectivity index (χ1) is 10.1. The molecule has 0 saturated carbocycles. The lowest BCUT2D eigenvalue weighted by Gasteiger charge is -2.17. The number of carbonyl (C=O) groups excluding carboxylic acids is 1. The minimum Gasteiger partial charge on any atom is -0.370 e. The van der Waals surface area contributed by atoms with Gasteiger partial charge in [0.2, 0.25) is 0 Å². The quantitative estimate of drug-likeness (QED) is 0.899. The minimum absolute atomic E-state index is 0.0144. The van der Waals surface area contributed by atoms with Crippen LogP contribution in [0.4, 0.5) is 5.82 Å². The molecule has 0 fully saturated rings. The number of benzene rings is 1. The van der Waals surface area contributed by atoms with E-state index < -0.39 is 0 Å². The van der Waals surface area contributed by atoms with Gasteiger partial charge in [-0.1, -0.05) is 28.1 Å². The van der Waals surface area contributed by atoms with E-state index in [0.29, 0.717) is 12.1 Å². The van der Waals surface area contributed by atoms with E-state index in [1.807, 2.05) is 31.2 Å². The van der Waals surface area contributed by atoms with Crippen LogP contribution in [0.15, 0.2) is 47.1 Å². The summed E-state index contributed by atoms with van der Waals surface area (Å²) >= 11 is 3.41. The summed E-state index contributed by atoms with van der Waals surface area (Å²) in [6.45, 7) is 3.35. The van der Waals surface area contributed by atoms with E-state index in [-0.39, 0.29) is 5.91 Å².